The third-order valence-electron chi connectivity index (χ3n) is 3.59. The molecule has 0 spiro atoms. The van der Waals surface area contributed by atoms with Gasteiger partial charge in [0.2, 0.25) is 5.91 Å². The van der Waals surface area contributed by atoms with Gasteiger partial charge in [-0.3, -0.25) is 4.79 Å². The van der Waals surface area contributed by atoms with Crippen molar-refractivity contribution in [3.05, 3.63) is 53.8 Å². The van der Waals surface area contributed by atoms with Gasteiger partial charge in [0.1, 0.15) is 18.2 Å². The smallest absolute Gasteiger partial charge is 0.246 e. The molecule has 3 rings (SSSR count). The molecule has 4 nitrogen and oxygen atoms in total. The number of nitrogens with zero attached hydrogens (tertiary/aromatic N) is 1. The van der Waals surface area contributed by atoms with Crippen LogP contribution in [0.1, 0.15) is 5.56 Å². The van der Waals surface area contributed by atoms with Gasteiger partial charge in [-0.2, -0.15) is 0 Å². The number of nitrogens with one attached hydrogen (secondary N) is 1. The first kappa shape index (κ1) is 14.4. The van der Waals surface area contributed by atoms with Crippen LogP contribution >= 0.6 is 0 Å². The van der Waals surface area contributed by atoms with Crippen LogP contribution in [0.25, 0.3) is 0 Å². The highest BCUT2D eigenvalue weighted by Crippen LogP contribution is 2.29. The molecule has 0 fully saturated rings. The second-order valence-corrected chi connectivity index (χ2v) is 5.22. The number of carbonyl (C=O) groups excluding carboxylic acids is 1. The lowest BCUT2D eigenvalue weighted by atomic mass is 10.2. The van der Waals surface area contributed by atoms with Crippen LogP contribution < -0.4 is 15.0 Å². The molecule has 22 heavy (non-hydrogen) atoms. The zero-order valence-electron chi connectivity index (χ0n) is 12.3. The Balaban J connectivity index is 1.67. The van der Waals surface area contributed by atoms with Crippen molar-refractivity contribution in [1.29, 1.82) is 0 Å². The summed E-state index contributed by atoms with van der Waals surface area (Å²) in [4.78, 5) is 13.7. The number of hydrogen-bond donors (Lipinski definition) is 1. The van der Waals surface area contributed by atoms with E-state index >= 15 is 0 Å². The van der Waals surface area contributed by atoms with Crippen LogP contribution in [-0.4, -0.2) is 25.6 Å². The van der Waals surface area contributed by atoms with Gasteiger partial charge in [-0.1, -0.05) is 17.7 Å². The van der Waals surface area contributed by atoms with Crippen molar-refractivity contribution in [1.82, 2.24) is 0 Å². The third kappa shape index (κ3) is 3.03. The van der Waals surface area contributed by atoms with Gasteiger partial charge in [0.05, 0.1) is 24.5 Å². The largest absolute Gasteiger partial charge is 0.492 e. The number of anilines is 2. The maximum absolute atomic E-state index is 13.3. The standard InChI is InChI=1S/C17H17FN2O2/c1-12-2-5-14(6-3-12)22-9-8-20-16-7-4-13(18)10-15(16)19-11-17(20)21/h2-7,10,19H,8-9,11H2,1H3. The lowest BCUT2D eigenvalue weighted by Gasteiger charge is -2.30. The summed E-state index contributed by atoms with van der Waals surface area (Å²) in [7, 11) is 0. The Kier molecular flexibility index (Phi) is 3.96. The van der Waals surface area contributed by atoms with Gasteiger partial charge < -0.3 is 15.0 Å². The van der Waals surface area contributed by atoms with Gasteiger partial charge in [-0.05, 0) is 37.3 Å². The molecule has 0 bridgehead atoms. The molecule has 0 aromatic heterocycles. The molecule has 1 amide bonds. The minimum atomic E-state index is -0.323. The highest BCUT2D eigenvalue weighted by atomic mass is 19.1. The molecule has 1 heterocycles. The topological polar surface area (TPSA) is 41.6 Å². The van der Waals surface area contributed by atoms with Crippen molar-refractivity contribution in [3.8, 4) is 5.75 Å². The van der Waals surface area contributed by atoms with Gasteiger partial charge in [-0.25, -0.2) is 4.39 Å². The Hall–Kier alpha value is -2.56. The first-order chi connectivity index (χ1) is 10.6. The molecule has 0 radical (unpaired) electrons. The predicted molar refractivity (Wildman–Crippen MR) is 83.9 cm³/mol. The summed E-state index contributed by atoms with van der Waals surface area (Å²) in [6.45, 7) is 2.98. The Morgan fingerprint density at radius 3 is 2.77 bits per heavy atom. The van der Waals surface area contributed by atoms with Crippen molar-refractivity contribution < 1.29 is 13.9 Å². The molecule has 1 aliphatic heterocycles. The molecule has 1 aliphatic rings. The second-order valence-electron chi connectivity index (χ2n) is 5.22. The van der Waals surface area contributed by atoms with Gasteiger partial charge in [0, 0.05) is 0 Å². The average molecular weight is 300 g/mol. The highest BCUT2D eigenvalue weighted by Gasteiger charge is 2.23. The van der Waals surface area contributed by atoms with Gasteiger partial charge in [0.15, 0.2) is 0 Å². The second kappa shape index (κ2) is 6.05. The quantitative estimate of drug-likeness (QED) is 0.944. The van der Waals surface area contributed by atoms with Crippen LogP contribution in [0.4, 0.5) is 15.8 Å². The van der Waals surface area contributed by atoms with Crippen molar-refractivity contribution in [2.45, 2.75) is 6.92 Å². The Morgan fingerprint density at radius 2 is 2.00 bits per heavy atom. The fraction of sp³-hybridized carbons (Fsp3) is 0.235. The Bertz CT molecular complexity index is 686. The molecule has 0 aliphatic carbocycles. The van der Waals surface area contributed by atoms with Crippen molar-refractivity contribution in [2.75, 3.05) is 29.9 Å². The first-order valence-corrected chi connectivity index (χ1v) is 7.17. The maximum atomic E-state index is 13.3. The first-order valence-electron chi connectivity index (χ1n) is 7.17. The zero-order valence-corrected chi connectivity index (χ0v) is 12.3. The molecule has 0 saturated heterocycles. The number of hydrogen-bond acceptors (Lipinski definition) is 3. The fourth-order valence-corrected chi connectivity index (χ4v) is 2.42. The Morgan fingerprint density at radius 1 is 1.23 bits per heavy atom. The summed E-state index contributed by atoms with van der Waals surface area (Å²) < 4.78 is 18.9. The highest BCUT2D eigenvalue weighted by molar-refractivity contribution is 6.02. The van der Waals surface area contributed by atoms with E-state index in [-0.39, 0.29) is 18.3 Å². The normalized spacial score (nSPS) is 13.5. The van der Waals surface area contributed by atoms with E-state index in [0.29, 0.717) is 24.5 Å². The van der Waals surface area contributed by atoms with Crippen LogP contribution in [-0.2, 0) is 4.79 Å². The minimum absolute atomic E-state index is 0.0494. The van der Waals surface area contributed by atoms with Crippen molar-refractivity contribution in [2.24, 2.45) is 0 Å². The fourth-order valence-electron chi connectivity index (χ4n) is 2.42. The van der Waals surface area contributed by atoms with Gasteiger partial charge >= 0.3 is 0 Å². The summed E-state index contributed by atoms with van der Waals surface area (Å²) in [5.41, 5.74) is 2.49. The van der Waals surface area contributed by atoms with Crippen molar-refractivity contribution >= 4 is 17.3 Å². The number of carbonyl (C=O) groups is 1. The number of benzene rings is 2. The molecule has 114 valence electrons. The summed E-state index contributed by atoms with van der Waals surface area (Å²) in [5, 5.41) is 2.93. The summed E-state index contributed by atoms with van der Waals surface area (Å²) in [6, 6.07) is 12.1. The number of halogens is 1. The molecule has 2 aromatic carbocycles. The van der Waals surface area contributed by atoms with E-state index < -0.39 is 0 Å². The zero-order chi connectivity index (χ0) is 15.5. The van der Waals surface area contributed by atoms with Gasteiger partial charge in [0.25, 0.3) is 0 Å². The van der Waals surface area contributed by atoms with Crippen LogP contribution in [0.3, 0.4) is 0 Å². The van der Waals surface area contributed by atoms with E-state index in [4.69, 9.17) is 4.74 Å². The molecule has 0 saturated carbocycles. The molecular formula is C17H17FN2O2. The maximum Gasteiger partial charge on any atom is 0.246 e. The van der Waals surface area contributed by atoms with Crippen LogP contribution in [0.15, 0.2) is 42.5 Å². The SMILES string of the molecule is Cc1ccc(OCCN2C(=O)CNc3cc(F)ccc32)cc1. The molecule has 2 aromatic rings. The van der Waals surface area contributed by atoms with Crippen LogP contribution in [0, 0.1) is 12.7 Å². The number of fused-ring (bicyclic) bond motifs is 1. The molecule has 0 atom stereocenters. The number of ether oxygens (including phenoxy) is 1. The van der Waals surface area contributed by atoms with E-state index in [9.17, 15) is 9.18 Å². The monoisotopic (exact) mass is 300 g/mol. The lowest BCUT2D eigenvalue weighted by Crippen LogP contribution is -2.42. The number of amides is 1. The van der Waals surface area contributed by atoms with Gasteiger partial charge in [-0.15, -0.1) is 0 Å². The summed E-state index contributed by atoms with van der Waals surface area (Å²) in [6.07, 6.45) is 0. The summed E-state index contributed by atoms with van der Waals surface area (Å²) in [5.74, 6) is 0.399. The predicted octanol–water partition coefficient (Wildman–Crippen LogP) is 2.97. The molecular weight excluding hydrogens is 283 g/mol. The number of aryl methyl sites for hydroxylation is 1. The van der Waals surface area contributed by atoms with Crippen molar-refractivity contribution in [3.63, 3.8) is 0 Å². The van der Waals surface area contributed by atoms with E-state index in [2.05, 4.69) is 5.32 Å². The molecule has 0 unspecified atom stereocenters. The lowest BCUT2D eigenvalue weighted by molar-refractivity contribution is -0.117. The minimum Gasteiger partial charge on any atom is -0.492 e. The van der Waals surface area contributed by atoms with E-state index in [1.807, 2.05) is 31.2 Å². The Labute approximate surface area is 128 Å². The van der Waals surface area contributed by atoms with E-state index in [0.717, 1.165) is 5.75 Å². The average Bonchev–Trinajstić information content (AvgIpc) is 2.51. The van der Waals surface area contributed by atoms with E-state index in [1.54, 1.807) is 11.0 Å². The van der Waals surface area contributed by atoms with Crippen LogP contribution in [0.5, 0.6) is 5.75 Å². The molecule has 5 heteroatoms. The van der Waals surface area contributed by atoms with E-state index in [1.165, 1.54) is 17.7 Å². The molecule has 1 N–H and O–H groups in total. The third-order valence-corrected chi connectivity index (χ3v) is 3.59. The van der Waals surface area contributed by atoms with Crippen LogP contribution in [0.2, 0.25) is 0 Å². The number of rotatable bonds is 4. The summed E-state index contributed by atoms with van der Waals surface area (Å²) >= 11 is 0.